The molecule has 5 nitrogen and oxygen atoms in total. The third-order valence-electron chi connectivity index (χ3n) is 6.16. The zero-order valence-electron chi connectivity index (χ0n) is 15.4. The van der Waals surface area contributed by atoms with Gasteiger partial charge in [-0.15, -0.1) is 0 Å². The summed E-state index contributed by atoms with van der Waals surface area (Å²) in [6.07, 6.45) is 11.2. The Morgan fingerprint density at radius 1 is 1.27 bits per heavy atom. The first-order valence-corrected chi connectivity index (χ1v) is 10.7. The number of aryl methyl sites for hydroxylation is 1. The van der Waals surface area contributed by atoms with Gasteiger partial charge in [0, 0.05) is 29.5 Å². The molecule has 0 radical (unpaired) electrons. The fraction of sp³-hybridized carbons (Fsp3) is 0.650. The van der Waals surface area contributed by atoms with Crippen LogP contribution >= 0.6 is 11.8 Å². The fourth-order valence-electron chi connectivity index (χ4n) is 4.71. The van der Waals surface area contributed by atoms with Crippen LogP contribution in [0.1, 0.15) is 63.9 Å². The van der Waals surface area contributed by atoms with Gasteiger partial charge in [-0.2, -0.15) is 0 Å². The molecule has 0 aromatic heterocycles. The number of hydrogen-bond donors (Lipinski definition) is 0. The van der Waals surface area contributed by atoms with Gasteiger partial charge in [0.25, 0.3) is 5.69 Å². The second-order valence-electron chi connectivity index (χ2n) is 7.88. The summed E-state index contributed by atoms with van der Waals surface area (Å²) >= 11 is 1.98. The number of hydrogen-bond acceptors (Lipinski definition) is 4. The predicted molar refractivity (Wildman–Crippen MR) is 107 cm³/mol. The average Bonchev–Trinajstić information content (AvgIpc) is 3.37. The van der Waals surface area contributed by atoms with Gasteiger partial charge in [0.05, 0.1) is 10.6 Å². The first-order valence-electron chi connectivity index (χ1n) is 9.92. The molecule has 1 aliphatic heterocycles. The third kappa shape index (κ3) is 3.36. The van der Waals surface area contributed by atoms with Crippen molar-refractivity contribution in [2.45, 2.75) is 75.5 Å². The molecule has 4 rings (SSSR count). The summed E-state index contributed by atoms with van der Waals surface area (Å²) in [4.78, 5) is 18.4. The van der Waals surface area contributed by atoms with E-state index in [2.05, 4.69) is 4.90 Å². The molecule has 1 spiro atoms. The van der Waals surface area contributed by atoms with Gasteiger partial charge >= 0.3 is 0 Å². The molecule has 2 aliphatic carbocycles. The van der Waals surface area contributed by atoms with Crippen LogP contribution in [-0.2, 0) is 6.42 Å². The lowest BCUT2D eigenvalue weighted by molar-refractivity contribution is -0.384. The van der Waals surface area contributed by atoms with Crippen LogP contribution < -0.4 is 0 Å². The zero-order chi connectivity index (χ0) is 18.1. The standard InChI is InChI=1S/C20H27N3O2S/c1-2-15-13-17(23(24)25)9-10-18(15)21-19-22(16-7-3-4-8-16)14-20(26-19)11-5-6-12-20/h9-10,13,16H,2-8,11-12,14H2,1H3/b21-19-. The van der Waals surface area contributed by atoms with Crippen molar-refractivity contribution in [3.63, 3.8) is 0 Å². The molecular weight excluding hydrogens is 346 g/mol. The lowest BCUT2D eigenvalue weighted by Crippen LogP contribution is -2.37. The van der Waals surface area contributed by atoms with Crippen molar-refractivity contribution in [2.24, 2.45) is 4.99 Å². The van der Waals surface area contributed by atoms with Crippen molar-refractivity contribution in [1.29, 1.82) is 0 Å². The molecule has 0 N–H and O–H groups in total. The molecule has 3 fully saturated rings. The van der Waals surface area contributed by atoms with Crippen molar-refractivity contribution in [1.82, 2.24) is 4.90 Å². The summed E-state index contributed by atoms with van der Waals surface area (Å²) in [6, 6.07) is 5.73. The second kappa shape index (κ2) is 7.22. The number of aliphatic imine (C=N–C) groups is 1. The molecular formula is C20H27N3O2S. The summed E-state index contributed by atoms with van der Waals surface area (Å²) < 4.78 is 0.356. The van der Waals surface area contributed by atoms with Crippen LogP contribution in [0.2, 0.25) is 0 Å². The number of non-ortho nitro benzene ring substituents is 1. The number of benzene rings is 1. The highest BCUT2D eigenvalue weighted by atomic mass is 32.2. The minimum atomic E-state index is -0.321. The maximum absolute atomic E-state index is 11.1. The smallest absolute Gasteiger partial charge is 0.269 e. The molecule has 140 valence electrons. The monoisotopic (exact) mass is 373 g/mol. The van der Waals surface area contributed by atoms with Gasteiger partial charge in [0.2, 0.25) is 0 Å². The molecule has 1 aromatic carbocycles. The van der Waals surface area contributed by atoms with Crippen molar-refractivity contribution < 1.29 is 4.92 Å². The third-order valence-corrected chi connectivity index (χ3v) is 7.64. The van der Waals surface area contributed by atoms with Crippen LogP contribution in [0.4, 0.5) is 11.4 Å². The van der Waals surface area contributed by atoms with E-state index in [1.807, 2.05) is 24.8 Å². The van der Waals surface area contributed by atoms with Crippen LogP contribution in [-0.4, -0.2) is 32.3 Å². The number of rotatable bonds is 4. The number of thioether (sulfide) groups is 1. The quantitative estimate of drug-likeness (QED) is 0.520. The average molecular weight is 374 g/mol. The molecule has 2 saturated carbocycles. The lowest BCUT2D eigenvalue weighted by Gasteiger charge is -2.27. The summed E-state index contributed by atoms with van der Waals surface area (Å²) in [6.45, 7) is 3.17. The van der Waals surface area contributed by atoms with Crippen molar-refractivity contribution >= 4 is 28.3 Å². The first-order chi connectivity index (χ1) is 12.6. The molecule has 0 amide bonds. The summed E-state index contributed by atoms with van der Waals surface area (Å²) in [5.74, 6) is 0. The van der Waals surface area contributed by atoms with Gasteiger partial charge in [-0.25, -0.2) is 4.99 Å². The normalized spacial score (nSPS) is 24.2. The lowest BCUT2D eigenvalue weighted by atomic mass is 10.1. The molecule has 1 saturated heterocycles. The summed E-state index contributed by atoms with van der Waals surface area (Å²) in [5, 5.41) is 12.2. The Morgan fingerprint density at radius 3 is 2.65 bits per heavy atom. The molecule has 3 aliphatic rings. The summed E-state index contributed by atoms with van der Waals surface area (Å²) in [7, 11) is 0. The van der Waals surface area contributed by atoms with Crippen LogP contribution in [0.5, 0.6) is 0 Å². The highest BCUT2D eigenvalue weighted by Crippen LogP contribution is 2.50. The van der Waals surface area contributed by atoms with E-state index in [4.69, 9.17) is 4.99 Å². The minimum Gasteiger partial charge on any atom is -0.347 e. The highest BCUT2D eigenvalue weighted by Gasteiger charge is 2.46. The molecule has 26 heavy (non-hydrogen) atoms. The zero-order valence-corrected chi connectivity index (χ0v) is 16.3. The van der Waals surface area contributed by atoms with Gasteiger partial charge in [0.15, 0.2) is 5.17 Å². The Balaban J connectivity index is 1.68. The number of nitrogens with zero attached hydrogens (tertiary/aromatic N) is 3. The molecule has 1 heterocycles. The maximum atomic E-state index is 11.1. The van der Waals surface area contributed by atoms with E-state index in [-0.39, 0.29) is 10.6 Å². The number of amidine groups is 1. The molecule has 0 bridgehead atoms. The van der Waals surface area contributed by atoms with Gasteiger partial charge in [-0.1, -0.05) is 44.4 Å². The van der Waals surface area contributed by atoms with Gasteiger partial charge < -0.3 is 4.90 Å². The van der Waals surface area contributed by atoms with E-state index in [0.717, 1.165) is 29.4 Å². The van der Waals surface area contributed by atoms with E-state index >= 15 is 0 Å². The van der Waals surface area contributed by atoms with E-state index in [9.17, 15) is 10.1 Å². The van der Waals surface area contributed by atoms with E-state index in [1.165, 1.54) is 51.4 Å². The summed E-state index contributed by atoms with van der Waals surface area (Å²) in [5.41, 5.74) is 2.02. The largest absolute Gasteiger partial charge is 0.347 e. The van der Waals surface area contributed by atoms with E-state index in [1.54, 1.807) is 12.1 Å². The Bertz CT molecular complexity index is 722. The Morgan fingerprint density at radius 2 is 2.00 bits per heavy atom. The van der Waals surface area contributed by atoms with E-state index in [0.29, 0.717) is 10.8 Å². The van der Waals surface area contributed by atoms with Crippen LogP contribution in [0.3, 0.4) is 0 Å². The molecule has 6 heteroatoms. The Kier molecular flexibility index (Phi) is 4.95. The number of nitro benzene ring substituents is 1. The molecule has 1 aromatic rings. The minimum absolute atomic E-state index is 0.157. The Hall–Kier alpha value is -1.56. The first kappa shape index (κ1) is 17.8. The molecule has 0 atom stereocenters. The SMILES string of the molecule is CCc1cc([N+](=O)[O-])ccc1/N=C1\SC2(CCCC2)CN1C1CCCC1. The maximum Gasteiger partial charge on any atom is 0.269 e. The fourth-order valence-corrected chi connectivity index (χ4v) is 6.27. The highest BCUT2D eigenvalue weighted by molar-refractivity contribution is 8.15. The van der Waals surface area contributed by atoms with Crippen LogP contribution in [0.25, 0.3) is 0 Å². The number of nitro groups is 1. The van der Waals surface area contributed by atoms with Crippen molar-refractivity contribution in [2.75, 3.05) is 6.54 Å². The topological polar surface area (TPSA) is 58.7 Å². The van der Waals surface area contributed by atoms with Gasteiger partial charge in [-0.3, -0.25) is 10.1 Å². The van der Waals surface area contributed by atoms with Crippen molar-refractivity contribution in [3.05, 3.63) is 33.9 Å². The van der Waals surface area contributed by atoms with Crippen LogP contribution in [0.15, 0.2) is 23.2 Å². The second-order valence-corrected chi connectivity index (χ2v) is 9.31. The van der Waals surface area contributed by atoms with E-state index < -0.39 is 0 Å². The van der Waals surface area contributed by atoms with Gasteiger partial charge in [-0.05, 0) is 43.7 Å². The van der Waals surface area contributed by atoms with Gasteiger partial charge in [0.1, 0.15) is 0 Å². The van der Waals surface area contributed by atoms with Crippen molar-refractivity contribution in [3.8, 4) is 0 Å². The predicted octanol–water partition coefficient (Wildman–Crippen LogP) is 5.45. The Labute approximate surface area is 159 Å². The van der Waals surface area contributed by atoms with Crippen LogP contribution in [0, 0.1) is 10.1 Å². The molecule has 0 unspecified atom stereocenters.